The lowest BCUT2D eigenvalue weighted by atomic mass is 10.1. The lowest BCUT2D eigenvalue weighted by Gasteiger charge is -2.40. The van der Waals surface area contributed by atoms with Crippen LogP contribution >= 0.6 is 0 Å². The number of nitrogen functional groups attached to an aromatic ring is 1. The zero-order valence-electron chi connectivity index (χ0n) is 43.3. The molecule has 2 aliphatic rings. The number of nitrogens with two attached hydrogens (primary N) is 1. The molecule has 23 heteroatoms. The molecule has 1 fully saturated rings. The number of rotatable bonds is 41. The number of amides is 4. The predicted octanol–water partition coefficient (Wildman–Crippen LogP) is 2.61. The van der Waals surface area contributed by atoms with Gasteiger partial charge in [-0.2, -0.15) is 4.98 Å². The topological polar surface area (TPSA) is 242 Å². The van der Waals surface area contributed by atoms with E-state index >= 15 is 0 Å². The first-order chi connectivity index (χ1) is 36.2. The molecule has 5 rings (SSSR count). The Morgan fingerprint density at radius 1 is 0.730 bits per heavy atom. The van der Waals surface area contributed by atoms with Crippen LogP contribution in [0.2, 0.25) is 0 Å². The first-order valence-electron chi connectivity index (χ1n) is 25.7. The fourth-order valence-electron chi connectivity index (χ4n) is 8.05. The standard InChI is InChI=1S/C51H78FN9O13/c1-3-4-5-13-55-50-49-43(56-51(53)57-50)10-15-60(49)38-41-7-6-40(35-44(41)66-2)37-58-17-18-59(39-42(58)36-52)46(63)12-19-67-21-23-69-25-27-71-29-31-73-33-34-74-32-30-72-28-26-70-24-22-68-20-14-54-45(62)11-16-61-47(64)8-9-48(61)65/h6-10,15,35,42H,3-5,11-14,16-34,36-39H2,1-2H3,(H,54,62)(H3,53,55,56,57)/t42-/m1/s1. The van der Waals surface area contributed by atoms with Crippen molar-refractivity contribution in [2.45, 2.75) is 58.2 Å². The Bertz CT molecular complexity index is 2150. The third-order valence-corrected chi connectivity index (χ3v) is 12.0. The molecule has 4 heterocycles. The number of ether oxygens (including phenoxy) is 9. The van der Waals surface area contributed by atoms with Gasteiger partial charge >= 0.3 is 0 Å². The lowest BCUT2D eigenvalue weighted by molar-refractivity contribution is -0.138. The number of nitrogens with one attached hydrogen (secondary N) is 2. The molecule has 1 atom stereocenters. The van der Waals surface area contributed by atoms with Gasteiger partial charge in [-0.3, -0.25) is 29.0 Å². The Labute approximate surface area is 433 Å². The highest BCUT2D eigenvalue weighted by atomic mass is 19.1. The molecule has 412 valence electrons. The fourth-order valence-corrected chi connectivity index (χ4v) is 8.05. The van der Waals surface area contributed by atoms with Crippen molar-refractivity contribution < 1.29 is 66.2 Å². The summed E-state index contributed by atoms with van der Waals surface area (Å²) < 4.78 is 66.5. The number of imide groups is 1. The van der Waals surface area contributed by atoms with Crippen LogP contribution in [0.4, 0.5) is 16.2 Å². The number of unbranched alkanes of at least 4 members (excludes halogenated alkanes) is 2. The number of anilines is 2. The number of benzene rings is 1. The van der Waals surface area contributed by atoms with E-state index in [1.807, 2.05) is 30.5 Å². The maximum absolute atomic E-state index is 14.4. The number of carbonyl (C=O) groups excluding carboxylic acids is 4. The second-order valence-corrected chi connectivity index (χ2v) is 17.4. The molecule has 22 nitrogen and oxygen atoms in total. The van der Waals surface area contributed by atoms with Crippen molar-refractivity contribution >= 4 is 46.4 Å². The van der Waals surface area contributed by atoms with Gasteiger partial charge in [0, 0.05) is 76.1 Å². The largest absolute Gasteiger partial charge is 0.496 e. The summed E-state index contributed by atoms with van der Waals surface area (Å²) in [6.45, 7) is 11.5. The second-order valence-electron chi connectivity index (χ2n) is 17.4. The maximum Gasteiger partial charge on any atom is 0.253 e. The summed E-state index contributed by atoms with van der Waals surface area (Å²) in [7, 11) is 1.65. The molecule has 3 aromatic rings. The van der Waals surface area contributed by atoms with E-state index in [-0.39, 0.29) is 43.8 Å². The number of aromatic nitrogens is 3. The summed E-state index contributed by atoms with van der Waals surface area (Å²) in [5.41, 5.74) is 9.65. The van der Waals surface area contributed by atoms with Gasteiger partial charge < -0.3 is 68.5 Å². The van der Waals surface area contributed by atoms with Crippen molar-refractivity contribution in [3.05, 3.63) is 53.7 Å². The number of nitrogens with zero attached hydrogens (tertiary/aromatic N) is 6. The van der Waals surface area contributed by atoms with Crippen LogP contribution in [0.1, 0.15) is 50.2 Å². The Hall–Kier alpha value is -5.37. The molecule has 0 aliphatic carbocycles. The normalized spacial score (nSPS) is 15.0. The van der Waals surface area contributed by atoms with Crippen molar-refractivity contribution in [1.82, 2.24) is 34.6 Å². The van der Waals surface area contributed by atoms with Crippen LogP contribution in [0.5, 0.6) is 5.75 Å². The highest BCUT2D eigenvalue weighted by Crippen LogP contribution is 2.28. The zero-order valence-corrected chi connectivity index (χ0v) is 43.3. The van der Waals surface area contributed by atoms with Crippen molar-refractivity contribution in [3.8, 4) is 5.75 Å². The summed E-state index contributed by atoms with van der Waals surface area (Å²) in [4.78, 5) is 61.7. The zero-order chi connectivity index (χ0) is 52.6. The van der Waals surface area contributed by atoms with Gasteiger partial charge in [0.2, 0.25) is 17.8 Å². The van der Waals surface area contributed by atoms with E-state index in [1.54, 1.807) is 12.0 Å². The van der Waals surface area contributed by atoms with Gasteiger partial charge in [-0.25, -0.2) is 9.37 Å². The molecule has 4 amide bonds. The molecule has 4 N–H and O–H groups in total. The SMILES string of the molecule is CCCCCNc1nc(N)nc2ccn(Cc3ccc(CN4CCN(C(=O)CCOCCOCCOCCOCCOCCOCCOCCOCCNC(=O)CCN5C(=O)C=CC5=O)C[C@H]4CF)cc3OC)c12. The van der Waals surface area contributed by atoms with E-state index in [0.29, 0.717) is 144 Å². The van der Waals surface area contributed by atoms with Crippen molar-refractivity contribution in [2.75, 3.05) is 170 Å². The summed E-state index contributed by atoms with van der Waals surface area (Å²) in [6, 6.07) is 7.62. The van der Waals surface area contributed by atoms with Gasteiger partial charge in [0.15, 0.2) is 5.82 Å². The first kappa shape index (κ1) is 59.5. The molecule has 0 radical (unpaired) electrons. The monoisotopic (exact) mass is 1040 g/mol. The molecule has 0 spiro atoms. The minimum atomic E-state index is -0.565. The quantitative estimate of drug-likeness (QED) is 0.0547. The van der Waals surface area contributed by atoms with Gasteiger partial charge in [-0.1, -0.05) is 31.9 Å². The Balaban J connectivity index is 0.792. The second kappa shape index (κ2) is 35.0. The molecule has 0 bridgehead atoms. The van der Waals surface area contributed by atoms with E-state index in [4.69, 9.17) is 48.4 Å². The van der Waals surface area contributed by atoms with E-state index in [9.17, 15) is 23.6 Å². The maximum atomic E-state index is 14.4. The van der Waals surface area contributed by atoms with E-state index < -0.39 is 24.5 Å². The molecule has 2 aliphatic heterocycles. The van der Waals surface area contributed by atoms with Crippen LogP contribution < -0.4 is 21.1 Å². The molecular weight excluding hydrogens is 966 g/mol. The average Bonchev–Trinajstić information content (AvgIpc) is 3.96. The van der Waals surface area contributed by atoms with E-state index in [2.05, 4.69) is 37.0 Å². The van der Waals surface area contributed by atoms with E-state index in [0.717, 1.165) is 58.6 Å². The van der Waals surface area contributed by atoms with Crippen LogP contribution in [-0.4, -0.2) is 218 Å². The molecule has 74 heavy (non-hydrogen) atoms. The average molecular weight is 1040 g/mol. The Morgan fingerprint density at radius 2 is 1.32 bits per heavy atom. The lowest BCUT2D eigenvalue weighted by Crippen LogP contribution is -2.55. The minimum absolute atomic E-state index is 0.0400. The summed E-state index contributed by atoms with van der Waals surface area (Å²) in [6.07, 6.45) is 7.90. The third-order valence-electron chi connectivity index (χ3n) is 12.0. The Morgan fingerprint density at radius 3 is 1.91 bits per heavy atom. The van der Waals surface area contributed by atoms with Gasteiger partial charge in [0.1, 0.15) is 17.9 Å². The van der Waals surface area contributed by atoms with Crippen LogP contribution in [-0.2, 0) is 70.2 Å². The van der Waals surface area contributed by atoms with Crippen LogP contribution in [0.3, 0.4) is 0 Å². The molecule has 2 aromatic heterocycles. The van der Waals surface area contributed by atoms with E-state index in [1.165, 1.54) is 12.2 Å². The van der Waals surface area contributed by atoms with Crippen molar-refractivity contribution in [2.24, 2.45) is 0 Å². The molecule has 0 saturated carbocycles. The third kappa shape index (κ3) is 21.5. The number of piperazine rings is 1. The number of fused-ring (bicyclic) bond motifs is 1. The number of hydrogen-bond donors (Lipinski definition) is 3. The minimum Gasteiger partial charge on any atom is -0.496 e. The van der Waals surface area contributed by atoms with Gasteiger partial charge in [0.25, 0.3) is 11.8 Å². The van der Waals surface area contributed by atoms with Gasteiger partial charge in [0.05, 0.1) is 137 Å². The highest BCUT2D eigenvalue weighted by molar-refractivity contribution is 6.13. The number of hydrogen-bond acceptors (Lipinski definition) is 18. The molecule has 0 unspecified atom stereocenters. The number of methoxy groups -OCH3 is 1. The number of halogens is 1. The molecule has 1 aromatic carbocycles. The van der Waals surface area contributed by atoms with Crippen LogP contribution in [0, 0.1) is 0 Å². The predicted molar refractivity (Wildman–Crippen MR) is 273 cm³/mol. The van der Waals surface area contributed by atoms with Gasteiger partial charge in [-0.05, 0) is 24.1 Å². The summed E-state index contributed by atoms with van der Waals surface area (Å²) in [5, 5.41) is 6.13. The smallest absolute Gasteiger partial charge is 0.253 e. The summed E-state index contributed by atoms with van der Waals surface area (Å²) in [5.74, 6) is 0.542. The fraction of sp³-hybridized carbons (Fsp3) is 0.647. The van der Waals surface area contributed by atoms with Crippen molar-refractivity contribution in [1.29, 1.82) is 0 Å². The first-order valence-corrected chi connectivity index (χ1v) is 25.7. The number of alkyl halides is 1. The highest BCUT2D eigenvalue weighted by Gasteiger charge is 2.30. The Kier molecular flexibility index (Phi) is 28.1. The number of carbonyl (C=O) groups is 4. The van der Waals surface area contributed by atoms with Crippen LogP contribution in [0.25, 0.3) is 11.0 Å². The molecule has 1 saturated heterocycles. The summed E-state index contributed by atoms with van der Waals surface area (Å²) >= 11 is 0. The van der Waals surface area contributed by atoms with Gasteiger partial charge in [-0.15, -0.1) is 0 Å². The van der Waals surface area contributed by atoms with Crippen LogP contribution in [0.15, 0.2) is 42.6 Å². The van der Waals surface area contributed by atoms with Crippen molar-refractivity contribution in [3.63, 3.8) is 0 Å². The molecular formula is C51H78FN9O13.